The van der Waals surface area contributed by atoms with Crippen LogP contribution in [0, 0.1) is 0 Å². The van der Waals surface area contributed by atoms with Crippen LogP contribution in [0.25, 0.3) is 0 Å². The molecule has 0 radical (unpaired) electrons. The summed E-state index contributed by atoms with van der Waals surface area (Å²) in [5.74, 6) is -0.173. The lowest BCUT2D eigenvalue weighted by molar-refractivity contribution is -0.274. The maximum absolute atomic E-state index is 11.9. The molecule has 4 nitrogen and oxygen atoms in total. The number of alkyl halides is 3. The van der Waals surface area contributed by atoms with Crippen molar-refractivity contribution in [2.24, 2.45) is 0 Å². The minimum absolute atomic E-state index is 0.134. The third-order valence-electron chi connectivity index (χ3n) is 2.30. The van der Waals surface area contributed by atoms with Crippen molar-refractivity contribution in [3.05, 3.63) is 24.3 Å². The standard InChI is InChI=1S/C11H10F3NO3/c12-11(13,14)17-8-3-5-9(6-4-8)18-15-7-1-2-10(15)16/h3-6H,1-2,7H2. The highest BCUT2D eigenvalue weighted by atomic mass is 19.4. The molecule has 1 aromatic carbocycles. The smallest absolute Gasteiger partial charge is 0.406 e. The second-order valence-corrected chi connectivity index (χ2v) is 3.71. The molecule has 2 rings (SSSR count). The monoisotopic (exact) mass is 261 g/mol. The van der Waals surface area contributed by atoms with Crippen molar-refractivity contribution in [1.82, 2.24) is 5.06 Å². The number of halogens is 3. The van der Waals surface area contributed by atoms with Gasteiger partial charge in [-0.25, -0.2) is 0 Å². The maximum atomic E-state index is 11.9. The number of amides is 1. The molecule has 0 unspecified atom stereocenters. The second kappa shape index (κ2) is 4.75. The molecule has 98 valence electrons. The van der Waals surface area contributed by atoms with E-state index in [2.05, 4.69) is 4.74 Å². The van der Waals surface area contributed by atoms with Crippen LogP contribution in [-0.4, -0.2) is 23.9 Å². The highest BCUT2D eigenvalue weighted by Crippen LogP contribution is 2.25. The third kappa shape index (κ3) is 3.28. The summed E-state index contributed by atoms with van der Waals surface area (Å²) < 4.78 is 39.5. The minimum Gasteiger partial charge on any atom is -0.406 e. The molecular formula is C11H10F3NO3. The van der Waals surface area contributed by atoms with Gasteiger partial charge >= 0.3 is 6.36 Å². The molecule has 0 bridgehead atoms. The molecule has 0 N–H and O–H groups in total. The summed E-state index contributed by atoms with van der Waals surface area (Å²) >= 11 is 0. The van der Waals surface area contributed by atoms with Gasteiger partial charge in [0.05, 0.1) is 6.54 Å². The molecule has 1 aromatic rings. The summed E-state index contributed by atoms with van der Waals surface area (Å²) in [5, 5.41) is 1.19. The lowest BCUT2D eigenvalue weighted by Crippen LogP contribution is -2.28. The Morgan fingerprint density at radius 1 is 1.11 bits per heavy atom. The van der Waals surface area contributed by atoms with Gasteiger partial charge in [0.2, 0.25) is 0 Å². The zero-order chi connectivity index (χ0) is 13.2. The van der Waals surface area contributed by atoms with Crippen LogP contribution >= 0.6 is 0 Å². The predicted octanol–water partition coefficient (Wildman–Crippen LogP) is 2.50. The fourth-order valence-corrected chi connectivity index (χ4v) is 1.55. The summed E-state index contributed by atoms with van der Waals surface area (Å²) in [7, 11) is 0. The quantitative estimate of drug-likeness (QED) is 0.839. The molecular weight excluding hydrogens is 251 g/mol. The van der Waals surface area contributed by atoms with Gasteiger partial charge in [-0.2, -0.15) is 5.06 Å². The highest BCUT2D eigenvalue weighted by Gasteiger charge is 2.31. The lowest BCUT2D eigenvalue weighted by Gasteiger charge is -2.16. The number of ether oxygens (including phenoxy) is 1. The Labute approximate surface area is 101 Å². The Morgan fingerprint density at radius 3 is 2.22 bits per heavy atom. The van der Waals surface area contributed by atoms with Crippen molar-refractivity contribution in [1.29, 1.82) is 0 Å². The first kappa shape index (κ1) is 12.5. The number of benzene rings is 1. The summed E-state index contributed by atoms with van der Waals surface area (Å²) in [6, 6.07) is 4.88. The second-order valence-electron chi connectivity index (χ2n) is 3.71. The van der Waals surface area contributed by atoms with Crippen LogP contribution in [0.1, 0.15) is 12.8 Å². The van der Waals surface area contributed by atoms with E-state index in [1.54, 1.807) is 0 Å². The van der Waals surface area contributed by atoms with Gasteiger partial charge in [-0.15, -0.1) is 13.2 Å². The lowest BCUT2D eigenvalue weighted by atomic mass is 10.3. The normalized spacial score (nSPS) is 15.9. The fourth-order valence-electron chi connectivity index (χ4n) is 1.55. The molecule has 0 atom stereocenters. The van der Waals surface area contributed by atoms with Gasteiger partial charge in [0.25, 0.3) is 5.91 Å². The molecule has 1 aliphatic rings. The average molecular weight is 261 g/mol. The minimum atomic E-state index is -4.71. The summed E-state index contributed by atoms with van der Waals surface area (Å²) in [6.07, 6.45) is -3.57. The molecule has 0 saturated carbocycles. The van der Waals surface area contributed by atoms with Gasteiger partial charge in [0.1, 0.15) is 5.75 Å². The molecule has 1 heterocycles. The molecule has 1 aliphatic heterocycles. The number of hydrogen-bond donors (Lipinski definition) is 0. The largest absolute Gasteiger partial charge is 0.573 e. The molecule has 0 aromatic heterocycles. The van der Waals surface area contributed by atoms with Gasteiger partial charge in [-0.1, -0.05) is 0 Å². The van der Waals surface area contributed by atoms with Crippen molar-refractivity contribution in [2.45, 2.75) is 19.2 Å². The van der Waals surface area contributed by atoms with Crippen LogP contribution in [0.3, 0.4) is 0 Å². The average Bonchev–Trinajstić information content (AvgIpc) is 2.65. The van der Waals surface area contributed by atoms with E-state index < -0.39 is 6.36 Å². The topological polar surface area (TPSA) is 38.8 Å². The molecule has 0 spiro atoms. The Hall–Kier alpha value is -1.92. The molecule has 1 fully saturated rings. The third-order valence-corrected chi connectivity index (χ3v) is 2.30. The highest BCUT2D eigenvalue weighted by molar-refractivity contribution is 5.77. The first-order valence-electron chi connectivity index (χ1n) is 5.28. The van der Waals surface area contributed by atoms with Crippen LogP contribution in [0.5, 0.6) is 11.5 Å². The Morgan fingerprint density at radius 2 is 1.72 bits per heavy atom. The molecule has 18 heavy (non-hydrogen) atoms. The van der Waals surface area contributed by atoms with Crippen molar-refractivity contribution < 1.29 is 27.5 Å². The summed E-state index contributed by atoms with van der Waals surface area (Å²) in [6.45, 7) is 0.486. The number of carbonyl (C=O) groups is 1. The van der Waals surface area contributed by atoms with Crippen molar-refractivity contribution in [2.75, 3.05) is 6.54 Å². The van der Waals surface area contributed by atoms with Crippen molar-refractivity contribution >= 4 is 5.91 Å². The van der Waals surface area contributed by atoms with E-state index in [9.17, 15) is 18.0 Å². The van der Waals surface area contributed by atoms with Crippen LogP contribution in [0.2, 0.25) is 0 Å². The van der Waals surface area contributed by atoms with Crippen molar-refractivity contribution in [3.8, 4) is 11.5 Å². The zero-order valence-electron chi connectivity index (χ0n) is 9.24. The van der Waals surface area contributed by atoms with Gasteiger partial charge in [-0.05, 0) is 30.7 Å². The van der Waals surface area contributed by atoms with E-state index in [0.29, 0.717) is 25.1 Å². The van der Waals surface area contributed by atoms with Gasteiger partial charge in [-0.3, -0.25) is 4.79 Å². The van der Waals surface area contributed by atoms with Crippen LogP contribution < -0.4 is 9.57 Å². The first-order valence-corrected chi connectivity index (χ1v) is 5.28. The van der Waals surface area contributed by atoms with Crippen LogP contribution in [-0.2, 0) is 4.79 Å². The number of hydrogen-bond acceptors (Lipinski definition) is 3. The molecule has 1 amide bonds. The predicted molar refractivity (Wildman–Crippen MR) is 54.7 cm³/mol. The van der Waals surface area contributed by atoms with Gasteiger partial charge in [0.15, 0.2) is 5.75 Å². The Balaban J connectivity index is 1.97. The SMILES string of the molecule is O=C1CCCN1Oc1ccc(OC(F)(F)F)cc1. The Bertz CT molecular complexity index is 430. The summed E-state index contributed by atoms with van der Waals surface area (Å²) in [4.78, 5) is 16.5. The number of carbonyl (C=O) groups excluding carboxylic acids is 1. The maximum Gasteiger partial charge on any atom is 0.573 e. The van der Waals surface area contributed by atoms with E-state index in [-0.39, 0.29) is 11.7 Å². The number of rotatable bonds is 3. The fraction of sp³-hybridized carbons (Fsp3) is 0.364. The van der Waals surface area contributed by atoms with E-state index in [1.165, 1.54) is 17.2 Å². The van der Waals surface area contributed by atoms with Gasteiger partial charge in [0, 0.05) is 6.42 Å². The van der Waals surface area contributed by atoms with Crippen LogP contribution in [0.15, 0.2) is 24.3 Å². The van der Waals surface area contributed by atoms with E-state index in [4.69, 9.17) is 4.84 Å². The molecule has 1 saturated heterocycles. The first-order chi connectivity index (χ1) is 8.44. The molecule has 7 heteroatoms. The zero-order valence-corrected chi connectivity index (χ0v) is 9.24. The number of nitrogens with zero attached hydrogens (tertiary/aromatic N) is 1. The molecule has 0 aliphatic carbocycles. The van der Waals surface area contributed by atoms with Crippen molar-refractivity contribution in [3.63, 3.8) is 0 Å². The van der Waals surface area contributed by atoms with Gasteiger partial charge < -0.3 is 9.57 Å². The van der Waals surface area contributed by atoms with Crippen LogP contribution in [0.4, 0.5) is 13.2 Å². The van der Waals surface area contributed by atoms with E-state index in [1.807, 2.05) is 0 Å². The Kier molecular flexibility index (Phi) is 3.31. The van der Waals surface area contributed by atoms with E-state index in [0.717, 1.165) is 12.1 Å². The summed E-state index contributed by atoms with van der Waals surface area (Å²) in [5.41, 5.74) is 0. The van der Waals surface area contributed by atoms with E-state index >= 15 is 0 Å². The number of hydroxylamine groups is 2.